The number of alkyl halides is 3. The van der Waals surface area contributed by atoms with Gasteiger partial charge in [0.15, 0.2) is 0 Å². The lowest BCUT2D eigenvalue weighted by Gasteiger charge is -2.35. The number of ether oxygens (including phenoxy) is 1. The van der Waals surface area contributed by atoms with E-state index in [0.29, 0.717) is 63.3 Å². The Morgan fingerprint density at radius 1 is 1.05 bits per heavy atom. The van der Waals surface area contributed by atoms with Gasteiger partial charge >= 0.3 is 6.18 Å². The molecule has 2 fully saturated rings. The first-order valence-electron chi connectivity index (χ1n) is 13.2. The Bertz CT molecular complexity index is 1460. The number of carbonyl (C=O) groups excluding carboxylic acids is 1. The van der Waals surface area contributed by atoms with Gasteiger partial charge in [0.2, 0.25) is 5.56 Å². The van der Waals surface area contributed by atoms with Gasteiger partial charge in [0.05, 0.1) is 35.7 Å². The Labute approximate surface area is 233 Å². The number of pyridine rings is 2. The minimum Gasteiger partial charge on any atom is -0.379 e. The Kier molecular flexibility index (Phi) is 8.38. The number of piperazine rings is 1. The van der Waals surface area contributed by atoms with Crippen LogP contribution < -0.4 is 15.8 Å². The zero-order chi connectivity index (χ0) is 29.1. The second-order valence-corrected chi connectivity index (χ2v) is 10.2. The quantitative estimate of drug-likeness (QED) is 0.436. The van der Waals surface area contributed by atoms with Crippen LogP contribution >= 0.6 is 0 Å². The molecule has 5 rings (SSSR count). The average molecular weight is 575 g/mol. The summed E-state index contributed by atoms with van der Waals surface area (Å²) in [6.45, 7) is 5.81. The summed E-state index contributed by atoms with van der Waals surface area (Å²) >= 11 is 0. The van der Waals surface area contributed by atoms with Gasteiger partial charge in [-0.1, -0.05) is 0 Å². The highest BCUT2D eigenvalue weighted by Gasteiger charge is 2.36. The van der Waals surface area contributed by atoms with Gasteiger partial charge in [-0.05, 0) is 30.8 Å². The number of anilines is 2. The molecule has 2 N–H and O–H groups in total. The molecular formula is C28H30F4N6O3. The lowest BCUT2D eigenvalue weighted by atomic mass is 10.0. The molecule has 2 aliphatic rings. The van der Waals surface area contributed by atoms with E-state index < -0.39 is 34.6 Å². The maximum absolute atomic E-state index is 15.7. The van der Waals surface area contributed by atoms with Crippen LogP contribution in [-0.4, -0.2) is 85.2 Å². The summed E-state index contributed by atoms with van der Waals surface area (Å²) in [7, 11) is 1.95. The number of nitrogens with zero attached hydrogens (tertiary/aromatic N) is 4. The number of likely N-dealkylation sites (N-methyl/N-ethyl adjacent to an activating group) is 1. The highest BCUT2D eigenvalue weighted by Crippen LogP contribution is 2.36. The van der Waals surface area contributed by atoms with Gasteiger partial charge in [-0.25, -0.2) is 4.39 Å². The van der Waals surface area contributed by atoms with E-state index in [0.717, 1.165) is 24.8 Å². The molecule has 1 aromatic carbocycles. The zero-order valence-corrected chi connectivity index (χ0v) is 22.4. The molecule has 218 valence electrons. The van der Waals surface area contributed by atoms with Crippen molar-refractivity contribution in [3.8, 4) is 11.1 Å². The van der Waals surface area contributed by atoms with E-state index in [1.807, 2.05) is 18.0 Å². The largest absolute Gasteiger partial charge is 0.417 e. The van der Waals surface area contributed by atoms with Crippen molar-refractivity contribution in [2.45, 2.75) is 12.7 Å². The lowest BCUT2D eigenvalue weighted by Crippen LogP contribution is -2.44. The molecule has 2 saturated heterocycles. The van der Waals surface area contributed by atoms with E-state index in [1.54, 1.807) is 6.20 Å². The summed E-state index contributed by atoms with van der Waals surface area (Å²) in [5.74, 6) is -1.64. The number of H-pyrrole nitrogens is 1. The molecule has 2 aliphatic heterocycles. The lowest BCUT2D eigenvalue weighted by molar-refractivity contribution is -0.138. The molecule has 41 heavy (non-hydrogen) atoms. The number of aromatic amines is 1. The Morgan fingerprint density at radius 2 is 1.78 bits per heavy atom. The van der Waals surface area contributed by atoms with Crippen LogP contribution in [0.5, 0.6) is 0 Å². The molecule has 3 aromatic rings. The number of benzene rings is 1. The number of morpholine rings is 1. The first-order valence-corrected chi connectivity index (χ1v) is 13.2. The number of hydrogen-bond donors (Lipinski definition) is 2. The van der Waals surface area contributed by atoms with Crippen molar-refractivity contribution in [3.05, 3.63) is 75.7 Å². The predicted molar refractivity (Wildman–Crippen MR) is 145 cm³/mol. The van der Waals surface area contributed by atoms with Crippen molar-refractivity contribution in [2.24, 2.45) is 0 Å². The normalized spacial score (nSPS) is 17.0. The molecule has 0 atom stereocenters. The fourth-order valence-corrected chi connectivity index (χ4v) is 5.02. The number of hydrogen-bond acceptors (Lipinski definition) is 7. The smallest absolute Gasteiger partial charge is 0.379 e. The molecule has 0 unspecified atom stereocenters. The molecule has 2 aromatic heterocycles. The van der Waals surface area contributed by atoms with Crippen molar-refractivity contribution < 1.29 is 27.1 Å². The van der Waals surface area contributed by atoms with Gasteiger partial charge in [0.1, 0.15) is 5.82 Å². The van der Waals surface area contributed by atoms with Crippen LogP contribution in [0.25, 0.3) is 11.1 Å². The molecule has 0 bridgehead atoms. The van der Waals surface area contributed by atoms with Crippen LogP contribution in [-0.2, 0) is 17.5 Å². The molecule has 1 amide bonds. The van der Waals surface area contributed by atoms with Crippen molar-refractivity contribution in [3.63, 3.8) is 0 Å². The number of aromatic nitrogens is 2. The van der Waals surface area contributed by atoms with Crippen LogP contribution in [0.15, 0.2) is 47.7 Å². The summed E-state index contributed by atoms with van der Waals surface area (Å²) in [6, 6.07) is 4.88. The number of carbonyl (C=O) groups is 1. The van der Waals surface area contributed by atoms with E-state index in [-0.39, 0.29) is 11.3 Å². The Morgan fingerprint density at radius 3 is 2.49 bits per heavy atom. The van der Waals surface area contributed by atoms with Gasteiger partial charge < -0.3 is 24.8 Å². The summed E-state index contributed by atoms with van der Waals surface area (Å²) < 4.78 is 62.1. The summed E-state index contributed by atoms with van der Waals surface area (Å²) in [4.78, 5) is 37.4. The molecule has 0 radical (unpaired) electrons. The predicted octanol–water partition coefficient (Wildman–Crippen LogP) is 3.43. The van der Waals surface area contributed by atoms with Crippen molar-refractivity contribution in [1.82, 2.24) is 19.8 Å². The third-order valence-electron chi connectivity index (χ3n) is 7.27. The van der Waals surface area contributed by atoms with Crippen LogP contribution in [0, 0.1) is 5.82 Å². The van der Waals surface area contributed by atoms with Gasteiger partial charge in [0.25, 0.3) is 5.91 Å². The highest BCUT2D eigenvalue weighted by atomic mass is 19.4. The molecule has 13 heteroatoms. The average Bonchev–Trinajstić information content (AvgIpc) is 2.94. The van der Waals surface area contributed by atoms with Crippen molar-refractivity contribution in [1.29, 1.82) is 0 Å². The van der Waals surface area contributed by atoms with Crippen LogP contribution in [0.4, 0.5) is 28.9 Å². The zero-order valence-electron chi connectivity index (χ0n) is 22.4. The van der Waals surface area contributed by atoms with Crippen molar-refractivity contribution in [2.75, 3.05) is 69.7 Å². The number of halogens is 4. The molecule has 0 aliphatic carbocycles. The fraction of sp³-hybridized carbons (Fsp3) is 0.393. The molecule has 9 nitrogen and oxygen atoms in total. The second-order valence-electron chi connectivity index (χ2n) is 10.2. The standard InChI is InChI=1S/C28H30F4N6O3/c1-36-2-4-38(5-3-36)25-13-23(29)20(19-10-18(14-33-15-19)17-37-6-8-41-9-7-37)11-24(25)35-27(40)21-16-34-26(39)12-22(21)28(30,31)32/h10-16H,2-9,17H2,1H3,(H,34,39)(H,35,40). The third-order valence-corrected chi connectivity index (χ3v) is 7.27. The fourth-order valence-electron chi connectivity index (χ4n) is 5.02. The van der Waals surface area contributed by atoms with Gasteiger partial charge in [-0.2, -0.15) is 13.2 Å². The van der Waals surface area contributed by atoms with Gasteiger partial charge in [0, 0.05) is 81.6 Å². The van der Waals surface area contributed by atoms with Gasteiger partial charge in [-0.3, -0.25) is 19.5 Å². The van der Waals surface area contributed by atoms with Crippen LogP contribution in [0.2, 0.25) is 0 Å². The first-order chi connectivity index (χ1) is 19.6. The third kappa shape index (κ3) is 6.75. The second kappa shape index (κ2) is 12.0. The van der Waals surface area contributed by atoms with Crippen molar-refractivity contribution >= 4 is 17.3 Å². The number of nitrogens with one attached hydrogen (secondary N) is 2. The minimum atomic E-state index is -4.93. The molecule has 0 saturated carbocycles. The summed E-state index contributed by atoms with van der Waals surface area (Å²) in [5, 5.41) is 2.56. The monoisotopic (exact) mass is 574 g/mol. The topological polar surface area (TPSA) is 93.8 Å². The highest BCUT2D eigenvalue weighted by molar-refractivity contribution is 6.07. The molecule has 0 spiro atoms. The van der Waals surface area contributed by atoms with Gasteiger partial charge in [-0.15, -0.1) is 0 Å². The maximum atomic E-state index is 15.7. The van der Waals surface area contributed by atoms with E-state index in [2.05, 4.69) is 25.1 Å². The van der Waals surface area contributed by atoms with E-state index in [1.165, 1.54) is 18.3 Å². The van der Waals surface area contributed by atoms with E-state index in [9.17, 15) is 22.8 Å². The van der Waals surface area contributed by atoms with Crippen LogP contribution in [0.3, 0.4) is 0 Å². The maximum Gasteiger partial charge on any atom is 0.417 e. The first kappa shape index (κ1) is 28.7. The summed E-state index contributed by atoms with van der Waals surface area (Å²) in [6.07, 6.45) is -0.986. The Hall–Kier alpha value is -3.81. The number of amides is 1. The van der Waals surface area contributed by atoms with E-state index >= 15 is 4.39 Å². The Balaban J connectivity index is 1.52. The number of rotatable bonds is 6. The molecular weight excluding hydrogens is 544 g/mol. The SMILES string of the molecule is CN1CCN(c2cc(F)c(-c3cncc(CN4CCOCC4)c3)cc2NC(=O)c2c[nH]c(=O)cc2C(F)(F)F)CC1. The van der Waals surface area contributed by atoms with E-state index in [4.69, 9.17) is 4.74 Å². The summed E-state index contributed by atoms with van der Waals surface area (Å²) in [5.41, 5.74) is -1.12. The van der Waals surface area contributed by atoms with Crippen LogP contribution in [0.1, 0.15) is 21.5 Å². The minimum absolute atomic E-state index is 0.145. The molecule has 4 heterocycles.